The first-order chi connectivity index (χ1) is 9.24. The quantitative estimate of drug-likeness (QED) is 0.901. The summed E-state index contributed by atoms with van der Waals surface area (Å²) in [6.07, 6.45) is 2.94. The SMILES string of the molecule is O=C(O)N1CCC(Cn2cnc3ccccc32)CC1. The zero-order valence-corrected chi connectivity index (χ0v) is 10.7. The molecule has 19 heavy (non-hydrogen) atoms. The molecule has 1 aliphatic rings. The van der Waals surface area contributed by atoms with Crippen LogP contribution < -0.4 is 0 Å². The molecule has 3 rings (SSSR count). The zero-order chi connectivity index (χ0) is 13.2. The summed E-state index contributed by atoms with van der Waals surface area (Å²) < 4.78 is 2.18. The zero-order valence-electron chi connectivity index (χ0n) is 10.7. The van der Waals surface area contributed by atoms with Crippen LogP contribution in [0.4, 0.5) is 4.79 Å². The second-order valence-corrected chi connectivity index (χ2v) is 5.10. The Labute approximate surface area is 111 Å². The number of likely N-dealkylation sites (tertiary alicyclic amines) is 1. The third-order valence-corrected chi connectivity index (χ3v) is 3.87. The van der Waals surface area contributed by atoms with E-state index in [9.17, 15) is 4.79 Å². The highest BCUT2D eigenvalue weighted by Crippen LogP contribution is 2.21. The van der Waals surface area contributed by atoms with Crippen molar-refractivity contribution in [2.75, 3.05) is 13.1 Å². The molecule has 1 amide bonds. The van der Waals surface area contributed by atoms with Gasteiger partial charge < -0.3 is 14.6 Å². The first-order valence-corrected chi connectivity index (χ1v) is 6.62. The number of carboxylic acid groups (broad SMARTS) is 1. The molecule has 0 atom stereocenters. The number of hydrogen-bond donors (Lipinski definition) is 1. The van der Waals surface area contributed by atoms with Gasteiger partial charge in [-0.3, -0.25) is 0 Å². The lowest BCUT2D eigenvalue weighted by molar-refractivity contribution is 0.122. The van der Waals surface area contributed by atoms with Gasteiger partial charge in [0.1, 0.15) is 0 Å². The van der Waals surface area contributed by atoms with Gasteiger partial charge in [0.2, 0.25) is 0 Å². The van der Waals surface area contributed by atoms with Crippen molar-refractivity contribution in [1.29, 1.82) is 0 Å². The van der Waals surface area contributed by atoms with Crippen LogP contribution in [0.15, 0.2) is 30.6 Å². The third kappa shape index (κ3) is 2.41. The molecule has 1 fully saturated rings. The van der Waals surface area contributed by atoms with Crippen molar-refractivity contribution < 1.29 is 9.90 Å². The van der Waals surface area contributed by atoms with Gasteiger partial charge in [0, 0.05) is 19.6 Å². The van der Waals surface area contributed by atoms with Gasteiger partial charge >= 0.3 is 6.09 Å². The van der Waals surface area contributed by atoms with Gasteiger partial charge in [-0.25, -0.2) is 9.78 Å². The van der Waals surface area contributed by atoms with Gasteiger partial charge in [-0.2, -0.15) is 0 Å². The van der Waals surface area contributed by atoms with E-state index in [1.807, 2.05) is 24.5 Å². The number of hydrogen-bond acceptors (Lipinski definition) is 2. The van der Waals surface area contributed by atoms with Gasteiger partial charge in [-0.05, 0) is 30.9 Å². The Bertz CT molecular complexity index is 585. The second kappa shape index (κ2) is 4.91. The first kappa shape index (κ1) is 12.0. The predicted octanol–water partition coefficient (Wildman–Crippen LogP) is 2.43. The second-order valence-electron chi connectivity index (χ2n) is 5.10. The summed E-state index contributed by atoms with van der Waals surface area (Å²) in [4.78, 5) is 16.8. The minimum atomic E-state index is -0.800. The number of rotatable bonds is 2. The molecule has 0 saturated carbocycles. The predicted molar refractivity (Wildman–Crippen MR) is 72.1 cm³/mol. The lowest BCUT2D eigenvalue weighted by Gasteiger charge is -2.30. The van der Waals surface area contributed by atoms with E-state index < -0.39 is 6.09 Å². The number of para-hydroxylation sites is 2. The molecule has 1 aromatic heterocycles. The summed E-state index contributed by atoms with van der Waals surface area (Å²) in [5, 5.41) is 8.93. The van der Waals surface area contributed by atoms with Crippen LogP contribution >= 0.6 is 0 Å². The highest BCUT2D eigenvalue weighted by Gasteiger charge is 2.22. The Kier molecular flexibility index (Phi) is 3.11. The Morgan fingerprint density at radius 3 is 2.79 bits per heavy atom. The largest absolute Gasteiger partial charge is 0.465 e. The maximum atomic E-state index is 10.9. The van der Waals surface area contributed by atoms with Crippen molar-refractivity contribution >= 4 is 17.1 Å². The summed E-state index contributed by atoms with van der Waals surface area (Å²) in [7, 11) is 0. The molecule has 2 heterocycles. The Morgan fingerprint density at radius 1 is 1.32 bits per heavy atom. The van der Waals surface area contributed by atoms with Gasteiger partial charge in [-0.1, -0.05) is 12.1 Å². The van der Waals surface area contributed by atoms with Gasteiger partial charge in [-0.15, -0.1) is 0 Å². The average molecular weight is 259 g/mol. The molecular formula is C14H17N3O2. The molecular weight excluding hydrogens is 242 g/mol. The normalized spacial score (nSPS) is 16.9. The van der Waals surface area contributed by atoms with E-state index in [1.54, 1.807) is 0 Å². The molecule has 0 unspecified atom stereocenters. The maximum absolute atomic E-state index is 10.9. The smallest absolute Gasteiger partial charge is 0.407 e. The van der Waals surface area contributed by atoms with E-state index in [-0.39, 0.29) is 0 Å². The van der Waals surface area contributed by atoms with Crippen LogP contribution in [0.5, 0.6) is 0 Å². The van der Waals surface area contributed by atoms with Crippen LogP contribution in [0, 0.1) is 5.92 Å². The molecule has 0 radical (unpaired) electrons. The summed E-state index contributed by atoms with van der Waals surface area (Å²) in [6.45, 7) is 2.22. The topological polar surface area (TPSA) is 58.4 Å². The molecule has 0 spiro atoms. The fraction of sp³-hybridized carbons (Fsp3) is 0.429. The third-order valence-electron chi connectivity index (χ3n) is 3.87. The Hall–Kier alpha value is -2.04. The van der Waals surface area contributed by atoms with E-state index in [0.717, 1.165) is 30.4 Å². The molecule has 1 aromatic carbocycles. The number of carbonyl (C=O) groups is 1. The number of amides is 1. The molecule has 0 aliphatic carbocycles. The van der Waals surface area contributed by atoms with Crippen molar-refractivity contribution in [3.05, 3.63) is 30.6 Å². The van der Waals surface area contributed by atoms with Crippen LogP contribution in [-0.4, -0.2) is 38.7 Å². The monoisotopic (exact) mass is 259 g/mol. The number of nitrogens with zero attached hydrogens (tertiary/aromatic N) is 3. The van der Waals surface area contributed by atoms with Crippen molar-refractivity contribution in [3.63, 3.8) is 0 Å². The molecule has 100 valence electrons. The van der Waals surface area contributed by atoms with E-state index in [4.69, 9.17) is 5.11 Å². The van der Waals surface area contributed by atoms with Gasteiger partial charge in [0.25, 0.3) is 0 Å². The van der Waals surface area contributed by atoms with Crippen molar-refractivity contribution in [3.8, 4) is 0 Å². The highest BCUT2D eigenvalue weighted by atomic mass is 16.4. The lowest BCUT2D eigenvalue weighted by Crippen LogP contribution is -2.38. The highest BCUT2D eigenvalue weighted by molar-refractivity contribution is 5.74. The molecule has 1 saturated heterocycles. The van der Waals surface area contributed by atoms with E-state index >= 15 is 0 Å². The van der Waals surface area contributed by atoms with Crippen molar-refractivity contribution in [2.24, 2.45) is 5.92 Å². The lowest BCUT2D eigenvalue weighted by atomic mass is 9.97. The number of imidazole rings is 1. The molecule has 5 heteroatoms. The molecule has 2 aromatic rings. The number of aromatic nitrogens is 2. The van der Waals surface area contributed by atoms with E-state index in [0.29, 0.717) is 19.0 Å². The summed E-state index contributed by atoms with van der Waals surface area (Å²) in [6, 6.07) is 8.10. The van der Waals surface area contributed by atoms with Gasteiger partial charge in [0.15, 0.2) is 0 Å². The molecule has 0 bridgehead atoms. The van der Waals surface area contributed by atoms with Crippen molar-refractivity contribution in [2.45, 2.75) is 19.4 Å². The molecule has 1 aliphatic heterocycles. The van der Waals surface area contributed by atoms with Crippen LogP contribution in [0.1, 0.15) is 12.8 Å². The maximum Gasteiger partial charge on any atom is 0.407 e. The van der Waals surface area contributed by atoms with Crippen LogP contribution in [-0.2, 0) is 6.54 Å². The van der Waals surface area contributed by atoms with Gasteiger partial charge in [0.05, 0.1) is 17.4 Å². The minimum Gasteiger partial charge on any atom is -0.465 e. The fourth-order valence-corrected chi connectivity index (χ4v) is 2.74. The van der Waals surface area contributed by atoms with Crippen LogP contribution in [0.25, 0.3) is 11.0 Å². The first-order valence-electron chi connectivity index (χ1n) is 6.62. The van der Waals surface area contributed by atoms with E-state index in [1.165, 1.54) is 4.90 Å². The summed E-state index contributed by atoms with van der Waals surface area (Å²) >= 11 is 0. The van der Waals surface area contributed by atoms with Crippen LogP contribution in [0.2, 0.25) is 0 Å². The number of fused-ring (bicyclic) bond motifs is 1. The number of piperidine rings is 1. The average Bonchev–Trinajstić information content (AvgIpc) is 2.83. The standard InChI is InChI=1S/C14H17N3O2/c18-14(19)16-7-5-11(6-8-16)9-17-10-15-12-3-1-2-4-13(12)17/h1-4,10-11H,5-9H2,(H,18,19). The minimum absolute atomic E-state index is 0.535. The summed E-state index contributed by atoms with van der Waals surface area (Å²) in [5.74, 6) is 0.535. The van der Waals surface area contributed by atoms with E-state index in [2.05, 4.69) is 15.6 Å². The van der Waals surface area contributed by atoms with Crippen molar-refractivity contribution in [1.82, 2.24) is 14.5 Å². The fourth-order valence-electron chi connectivity index (χ4n) is 2.74. The molecule has 5 nitrogen and oxygen atoms in total. The number of benzene rings is 1. The Balaban J connectivity index is 1.68. The summed E-state index contributed by atoms with van der Waals surface area (Å²) in [5.41, 5.74) is 2.17. The Morgan fingerprint density at radius 2 is 2.05 bits per heavy atom. The van der Waals surface area contributed by atoms with Crippen LogP contribution in [0.3, 0.4) is 0 Å². The molecule has 1 N–H and O–H groups in total.